The van der Waals surface area contributed by atoms with Crippen LogP contribution in [0.4, 0.5) is 18.0 Å². The number of carbonyl (C=O) groups excluding carboxylic acids is 1. The van der Waals surface area contributed by atoms with Crippen LogP contribution in [0.2, 0.25) is 0 Å². The van der Waals surface area contributed by atoms with Gasteiger partial charge in [-0.15, -0.1) is 0 Å². The van der Waals surface area contributed by atoms with Crippen LogP contribution in [0.25, 0.3) is 0 Å². The molecule has 0 aromatic carbocycles. The Morgan fingerprint density at radius 1 is 1.24 bits per heavy atom. The van der Waals surface area contributed by atoms with Crippen LogP contribution >= 0.6 is 11.8 Å². The van der Waals surface area contributed by atoms with Gasteiger partial charge >= 0.3 is 12.3 Å². The highest BCUT2D eigenvalue weighted by Gasteiger charge is 2.29. The molecule has 0 atom stereocenters. The first-order valence-corrected chi connectivity index (χ1v) is 6.81. The zero-order valence-corrected chi connectivity index (χ0v) is 10.6. The molecule has 0 aromatic heterocycles. The van der Waals surface area contributed by atoms with Crippen LogP contribution < -0.4 is 5.32 Å². The van der Waals surface area contributed by atoms with E-state index in [0.717, 1.165) is 31.4 Å². The number of nitrogens with one attached hydrogen (secondary N) is 1. The molecule has 0 radical (unpaired) electrons. The molecule has 1 N–H and O–H groups in total. The summed E-state index contributed by atoms with van der Waals surface area (Å²) in [4.78, 5) is 10.8. The Labute approximate surface area is 103 Å². The van der Waals surface area contributed by atoms with Crippen molar-refractivity contribution in [2.45, 2.75) is 31.9 Å². The van der Waals surface area contributed by atoms with Gasteiger partial charge in [-0.1, -0.05) is 12.8 Å². The third kappa shape index (κ3) is 13.3. The van der Waals surface area contributed by atoms with E-state index in [9.17, 15) is 18.0 Å². The number of amides is 1. The van der Waals surface area contributed by atoms with Gasteiger partial charge in [-0.05, 0) is 24.9 Å². The Balaban J connectivity index is 3.28. The van der Waals surface area contributed by atoms with Crippen LogP contribution in [0.5, 0.6) is 0 Å². The molecule has 0 aliphatic heterocycles. The normalized spacial score (nSPS) is 11.3. The van der Waals surface area contributed by atoms with E-state index in [4.69, 9.17) is 0 Å². The Hall–Kier alpha value is -0.590. The van der Waals surface area contributed by atoms with Gasteiger partial charge in [-0.3, -0.25) is 0 Å². The zero-order valence-electron chi connectivity index (χ0n) is 9.81. The number of halogens is 3. The number of unbranched alkanes of at least 4 members (excludes halogenated alkanes) is 3. The number of carbonyl (C=O) groups is 1. The monoisotopic (exact) mass is 273 g/mol. The van der Waals surface area contributed by atoms with E-state index in [2.05, 4.69) is 10.1 Å². The smallest absolute Gasteiger partial charge is 0.422 e. The zero-order chi connectivity index (χ0) is 13.1. The van der Waals surface area contributed by atoms with Gasteiger partial charge in [0.05, 0.1) is 0 Å². The van der Waals surface area contributed by atoms with Gasteiger partial charge in [0.15, 0.2) is 6.61 Å². The van der Waals surface area contributed by atoms with E-state index in [-0.39, 0.29) is 0 Å². The summed E-state index contributed by atoms with van der Waals surface area (Å²) in [5.74, 6) is 1.11. The number of thioether (sulfide) groups is 1. The molecule has 7 heteroatoms. The first kappa shape index (κ1) is 16.4. The maximum absolute atomic E-state index is 11.7. The fourth-order valence-electron chi connectivity index (χ4n) is 1.11. The molecular formula is C10H18F3NO2S. The van der Waals surface area contributed by atoms with Crippen molar-refractivity contribution >= 4 is 17.9 Å². The van der Waals surface area contributed by atoms with Crippen LogP contribution in [-0.2, 0) is 4.74 Å². The quantitative estimate of drug-likeness (QED) is 0.690. The number of alkyl halides is 3. The minimum Gasteiger partial charge on any atom is -0.440 e. The van der Waals surface area contributed by atoms with Crippen molar-refractivity contribution in [3.63, 3.8) is 0 Å². The average Bonchev–Trinajstić information content (AvgIpc) is 2.24. The summed E-state index contributed by atoms with van der Waals surface area (Å²) in [5.41, 5.74) is 0. The lowest BCUT2D eigenvalue weighted by Gasteiger charge is -2.08. The van der Waals surface area contributed by atoms with Crippen LogP contribution in [0.1, 0.15) is 25.7 Å². The molecule has 0 aliphatic carbocycles. The maximum atomic E-state index is 11.7. The van der Waals surface area contributed by atoms with Crippen molar-refractivity contribution in [3.8, 4) is 0 Å². The third-order valence-corrected chi connectivity index (χ3v) is 2.61. The topological polar surface area (TPSA) is 38.3 Å². The van der Waals surface area contributed by atoms with Gasteiger partial charge in [0.25, 0.3) is 0 Å². The van der Waals surface area contributed by atoms with E-state index in [1.165, 1.54) is 0 Å². The van der Waals surface area contributed by atoms with Crippen LogP contribution in [-0.4, -0.2) is 37.4 Å². The highest BCUT2D eigenvalue weighted by molar-refractivity contribution is 7.98. The molecular weight excluding hydrogens is 255 g/mol. The summed E-state index contributed by atoms with van der Waals surface area (Å²) >= 11 is 1.78. The van der Waals surface area contributed by atoms with Gasteiger partial charge in [0.2, 0.25) is 0 Å². The van der Waals surface area contributed by atoms with Gasteiger partial charge in [0.1, 0.15) is 0 Å². The minimum atomic E-state index is -4.46. The van der Waals surface area contributed by atoms with Crippen LogP contribution in [0.15, 0.2) is 0 Å². The van der Waals surface area contributed by atoms with Crippen molar-refractivity contribution in [3.05, 3.63) is 0 Å². The predicted molar refractivity (Wildman–Crippen MR) is 62.3 cm³/mol. The van der Waals surface area contributed by atoms with E-state index >= 15 is 0 Å². The lowest BCUT2D eigenvalue weighted by Crippen LogP contribution is -2.29. The summed E-state index contributed by atoms with van der Waals surface area (Å²) in [7, 11) is 0. The Morgan fingerprint density at radius 3 is 2.47 bits per heavy atom. The first-order chi connectivity index (χ1) is 7.95. The number of hydrogen-bond acceptors (Lipinski definition) is 3. The highest BCUT2D eigenvalue weighted by atomic mass is 32.2. The molecule has 3 nitrogen and oxygen atoms in total. The van der Waals surface area contributed by atoms with Crippen molar-refractivity contribution in [2.75, 3.05) is 25.2 Å². The summed E-state index contributed by atoms with van der Waals surface area (Å²) in [6.07, 6.45) is 0.481. The lowest BCUT2D eigenvalue weighted by molar-refractivity contribution is -0.160. The second kappa shape index (κ2) is 9.44. The van der Waals surface area contributed by atoms with Crippen molar-refractivity contribution in [1.29, 1.82) is 0 Å². The molecule has 102 valence electrons. The molecule has 1 amide bonds. The molecule has 0 rings (SSSR count). The largest absolute Gasteiger partial charge is 0.440 e. The third-order valence-electron chi connectivity index (χ3n) is 1.91. The van der Waals surface area contributed by atoms with Crippen molar-refractivity contribution in [2.24, 2.45) is 0 Å². The van der Waals surface area contributed by atoms with Gasteiger partial charge < -0.3 is 10.1 Å². The molecule has 0 unspecified atom stereocenters. The van der Waals surface area contributed by atoms with E-state index in [1.807, 2.05) is 6.26 Å². The number of alkyl carbamates (subject to hydrolysis) is 1. The average molecular weight is 273 g/mol. The number of ether oxygens (including phenoxy) is 1. The summed E-state index contributed by atoms with van der Waals surface area (Å²) in [6, 6.07) is 0. The maximum Gasteiger partial charge on any atom is 0.422 e. The van der Waals surface area contributed by atoms with Gasteiger partial charge in [-0.2, -0.15) is 24.9 Å². The summed E-state index contributed by atoms with van der Waals surface area (Å²) < 4.78 is 39.0. The fraction of sp³-hybridized carbons (Fsp3) is 0.900. The Kier molecular flexibility index (Phi) is 9.11. The molecule has 0 saturated carbocycles. The van der Waals surface area contributed by atoms with E-state index in [0.29, 0.717) is 6.54 Å². The van der Waals surface area contributed by atoms with Crippen molar-refractivity contribution < 1.29 is 22.7 Å². The lowest BCUT2D eigenvalue weighted by atomic mass is 10.2. The van der Waals surface area contributed by atoms with Gasteiger partial charge in [-0.25, -0.2) is 4.79 Å². The van der Waals surface area contributed by atoms with E-state index < -0.39 is 18.9 Å². The molecule has 0 heterocycles. The number of rotatable bonds is 8. The Bertz CT molecular complexity index is 212. The molecule has 0 bridgehead atoms. The van der Waals surface area contributed by atoms with Crippen LogP contribution in [0.3, 0.4) is 0 Å². The van der Waals surface area contributed by atoms with Crippen LogP contribution in [0, 0.1) is 0 Å². The molecule has 0 aliphatic rings. The highest BCUT2D eigenvalue weighted by Crippen LogP contribution is 2.14. The summed E-state index contributed by atoms with van der Waals surface area (Å²) in [5, 5.41) is 2.28. The summed E-state index contributed by atoms with van der Waals surface area (Å²) in [6.45, 7) is -1.18. The predicted octanol–water partition coefficient (Wildman–Crippen LogP) is 3.20. The number of hydrogen-bond donors (Lipinski definition) is 1. The first-order valence-electron chi connectivity index (χ1n) is 5.42. The minimum absolute atomic E-state index is 0.357. The second-order valence-corrected chi connectivity index (χ2v) is 4.51. The standard InChI is InChI=1S/C10H18F3NO2S/c1-17-7-5-3-2-4-6-14-9(15)16-8-10(11,12)13/h2-8H2,1H3,(H,14,15). The van der Waals surface area contributed by atoms with E-state index in [1.54, 1.807) is 11.8 Å². The van der Waals surface area contributed by atoms with Gasteiger partial charge in [0, 0.05) is 6.54 Å². The second-order valence-electron chi connectivity index (χ2n) is 3.53. The molecule has 0 fully saturated rings. The fourth-order valence-corrected chi connectivity index (χ4v) is 1.61. The SMILES string of the molecule is CSCCCCCCNC(=O)OCC(F)(F)F. The Morgan fingerprint density at radius 2 is 1.88 bits per heavy atom. The van der Waals surface area contributed by atoms with Crippen molar-refractivity contribution in [1.82, 2.24) is 5.32 Å². The molecule has 0 saturated heterocycles. The molecule has 17 heavy (non-hydrogen) atoms. The molecule has 0 spiro atoms. The molecule has 0 aromatic rings.